The third-order valence-electron chi connectivity index (χ3n) is 3.81. The first-order valence-corrected chi connectivity index (χ1v) is 8.18. The van der Waals surface area contributed by atoms with E-state index < -0.39 is 0 Å². The highest BCUT2D eigenvalue weighted by molar-refractivity contribution is 7.18. The van der Waals surface area contributed by atoms with E-state index in [1.807, 2.05) is 4.90 Å². The molecule has 2 heterocycles. The average molecular weight is 296 g/mol. The van der Waals surface area contributed by atoms with E-state index in [9.17, 15) is 4.79 Å². The van der Waals surface area contributed by atoms with Gasteiger partial charge in [-0.2, -0.15) is 0 Å². The van der Waals surface area contributed by atoms with Crippen LogP contribution in [0.4, 0.5) is 10.9 Å². The van der Waals surface area contributed by atoms with Gasteiger partial charge in [-0.05, 0) is 32.6 Å². The Morgan fingerprint density at radius 3 is 2.80 bits per heavy atom. The van der Waals surface area contributed by atoms with E-state index >= 15 is 0 Å². The van der Waals surface area contributed by atoms with Crippen molar-refractivity contribution < 1.29 is 4.79 Å². The van der Waals surface area contributed by atoms with Crippen LogP contribution in [0.5, 0.6) is 0 Å². The predicted molar refractivity (Wildman–Crippen MR) is 84.4 cm³/mol. The molecule has 6 heteroatoms. The van der Waals surface area contributed by atoms with Gasteiger partial charge < -0.3 is 15.5 Å². The third-order valence-corrected chi connectivity index (χ3v) is 4.93. The number of hydrogen-bond donors (Lipinski definition) is 1. The van der Waals surface area contributed by atoms with E-state index in [0.717, 1.165) is 37.7 Å². The lowest BCUT2D eigenvalue weighted by Gasteiger charge is -2.30. The minimum absolute atomic E-state index is 0.0463. The first-order chi connectivity index (χ1) is 9.56. The first-order valence-electron chi connectivity index (χ1n) is 7.37. The summed E-state index contributed by atoms with van der Waals surface area (Å²) < 4.78 is 0. The van der Waals surface area contributed by atoms with Gasteiger partial charge in [0.25, 0.3) is 5.91 Å². The van der Waals surface area contributed by atoms with Crippen molar-refractivity contribution in [3.63, 3.8) is 0 Å². The number of rotatable bonds is 4. The number of carbonyl (C=O) groups excluding carboxylic acids is 1. The lowest BCUT2D eigenvalue weighted by molar-refractivity contribution is 0.0689. The summed E-state index contributed by atoms with van der Waals surface area (Å²) in [6.45, 7) is 9.76. The fraction of sp³-hybridized carbons (Fsp3) is 0.714. The summed E-state index contributed by atoms with van der Waals surface area (Å²) in [6.07, 6.45) is 2.28. The monoisotopic (exact) mass is 296 g/mol. The molecule has 0 saturated carbocycles. The molecule has 1 amide bonds. The number of piperidine rings is 1. The molecular formula is C14H24N4OS. The van der Waals surface area contributed by atoms with Crippen LogP contribution in [0.1, 0.15) is 43.3 Å². The van der Waals surface area contributed by atoms with Gasteiger partial charge in [-0.15, -0.1) is 0 Å². The average Bonchev–Trinajstić information content (AvgIpc) is 2.81. The van der Waals surface area contributed by atoms with Crippen LogP contribution >= 0.6 is 11.3 Å². The van der Waals surface area contributed by atoms with Crippen molar-refractivity contribution in [1.29, 1.82) is 0 Å². The summed E-state index contributed by atoms with van der Waals surface area (Å²) in [4.78, 5) is 21.6. The number of hydrogen-bond acceptors (Lipinski definition) is 5. The second-order valence-corrected chi connectivity index (χ2v) is 6.36. The molecule has 1 aliphatic rings. The van der Waals surface area contributed by atoms with Gasteiger partial charge in [0.15, 0.2) is 5.13 Å². The number of thiazole rings is 1. The van der Waals surface area contributed by atoms with E-state index in [0.29, 0.717) is 16.6 Å². The topological polar surface area (TPSA) is 62.5 Å². The number of nitrogens with zero attached hydrogens (tertiary/aromatic N) is 3. The number of likely N-dealkylation sites (tertiary alicyclic amines) is 1. The molecule has 0 aliphatic carbocycles. The maximum atomic E-state index is 12.6. The minimum Gasteiger partial charge on any atom is -0.382 e. The molecule has 2 N–H and O–H groups in total. The number of nitrogens with two attached hydrogens (primary N) is 1. The maximum Gasteiger partial charge on any atom is 0.267 e. The van der Waals surface area contributed by atoms with Crippen molar-refractivity contribution >= 4 is 28.2 Å². The zero-order chi connectivity index (χ0) is 14.7. The molecule has 2 rings (SSSR count). The zero-order valence-corrected chi connectivity index (χ0v) is 13.4. The quantitative estimate of drug-likeness (QED) is 0.927. The fourth-order valence-corrected chi connectivity index (χ4v) is 3.70. The molecule has 0 radical (unpaired) electrons. The van der Waals surface area contributed by atoms with Crippen molar-refractivity contribution in [3.05, 3.63) is 4.88 Å². The predicted octanol–water partition coefficient (Wildman–Crippen LogP) is 2.44. The lowest BCUT2D eigenvalue weighted by atomic mass is 10.0. The van der Waals surface area contributed by atoms with Crippen molar-refractivity contribution in [2.75, 3.05) is 36.8 Å². The summed E-state index contributed by atoms with van der Waals surface area (Å²) in [5.74, 6) is 0.995. The molecule has 1 aromatic heterocycles. The van der Waals surface area contributed by atoms with Crippen LogP contribution in [0.2, 0.25) is 0 Å². The van der Waals surface area contributed by atoms with Gasteiger partial charge in [0.1, 0.15) is 10.7 Å². The molecule has 1 saturated heterocycles. The van der Waals surface area contributed by atoms with Crippen LogP contribution in [-0.2, 0) is 0 Å². The van der Waals surface area contributed by atoms with Crippen LogP contribution in [-0.4, -0.2) is 42.0 Å². The molecule has 20 heavy (non-hydrogen) atoms. The molecule has 112 valence electrons. The van der Waals surface area contributed by atoms with Crippen molar-refractivity contribution in [1.82, 2.24) is 9.88 Å². The van der Waals surface area contributed by atoms with Crippen LogP contribution in [0, 0.1) is 5.92 Å². The van der Waals surface area contributed by atoms with Gasteiger partial charge in [-0.3, -0.25) is 4.79 Å². The Bertz CT molecular complexity index is 470. The zero-order valence-electron chi connectivity index (χ0n) is 12.6. The van der Waals surface area contributed by atoms with Crippen LogP contribution in [0.3, 0.4) is 0 Å². The molecule has 1 unspecified atom stereocenters. The van der Waals surface area contributed by atoms with E-state index in [1.54, 1.807) is 0 Å². The van der Waals surface area contributed by atoms with Crippen molar-refractivity contribution in [2.45, 2.75) is 33.6 Å². The van der Waals surface area contributed by atoms with Gasteiger partial charge in [-0.1, -0.05) is 18.3 Å². The molecule has 0 aromatic carbocycles. The standard InChI is InChI=1S/C14H24N4OS/c1-4-17(5-2)14-16-12(15)11(20-14)13(19)18-8-6-7-10(3)9-18/h10H,4-9,15H2,1-3H3. The number of aromatic nitrogens is 1. The first kappa shape index (κ1) is 15.1. The van der Waals surface area contributed by atoms with E-state index in [4.69, 9.17) is 5.73 Å². The minimum atomic E-state index is 0.0463. The van der Waals surface area contributed by atoms with Gasteiger partial charge >= 0.3 is 0 Å². The Morgan fingerprint density at radius 1 is 1.50 bits per heavy atom. The Labute approximate surface area is 124 Å². The lowest BCUT2D eigenvalue weighted by Crippen LogP contribution is -2.39. The second kappa shape index (κ2) is 6.43. The molecule has 1 aliphatic heterocycles. The number of nitrogen functional groups attached to an aromatic ring is 1. The van der Waals surface area contributed by atoms with Gasteiger partial charge in [0, 0.05) is 26.2 Å². The van der Waals surface area contributed by atoms with Crippen molar-refractivity contribution in [2.24, 2.45) is 5.92 Å². The van der Waals surface area contributed by atoms with Gasteiger partial charge in [0.05, 0.1) is 0 Å². The summed E-state index contributed by atoms with van der Waals surface area (Å²) in [7, 11) is 0. The highest BCUT2D eigenvalue weighted by Gasteiger charge is 2.26. The normalized spacial score (nSPS) is 19.1. The van der Waals surface area contributed by atoms with E-state index in [1.165, 1.54) is 17.8 Å². The Morgan fingerprint density at radius 2 is 2.20 bits per heavy atom. The van der Waals surface area contributed by atoms with Crippen LogP contribution in [0.25, 0.3) is 0 Å². The number of anilines is 2. The van der Waals surface area contributed by atoms with E-state index in [2.05, 4.69) is 30.7 Å². The molecule has 1 fully saturated rings. The summed E-state index contributed by atoms with van der Waals surface area (Å²) >= 11 is 1.42. The molecule has 1 atom stereocenters. The summed E-state index contributed by atoms with van der Waals surface area (Å²) in [5.41, 5.74) is 5.96. The van der Waals surface area contributed by atoms with Crippen molar-refractivity contribution in [3.8, 4) is 0 Å². The molecule has 5 nitrogen and oxygen atoms in total. The highest BCUT2D eigenvalue weighted by Crippen LogP contribution is 2.30. The molecule has 0 spiro atoms. The Hall–Kier alpha value is -1.30. The second-order valence-electron chi connectivity index (χ2n) is 5.38. The number of amides is 1. The summed E-state index contributed by atoms with van der Waals surface area (Å²) in [5, 5.41) is 0.848. The van der Waals surface area contributed by atoms with E-state index in [-0.39, 0.29) is 5.91 Å². The Balaban J connectivity index is 2.17. The van der Waals surface area contributed by atoms with Crippen LogP contribution in [0.15, 0.2) is 0 Å². The number of carbonyl (C=O) groups is 1. The van der Waals surface area contributed by atoms with Crippen LogP contribution < -0.4 is 10.6 Å². The molecule has 0 bridgehead atoms. The van der Waals surface area contributed by atoms with Gasteiger partial charge in [-0.25, -0.2) is 4.98 Å². The van der Waals surface area contributed by atoms with Gasteiger partial charge in [0.2, 0.25) is 0 Å². The Kier molecular flexibility index (Phi) is 4.86. The third kappa shape index (κ3) is 3.06. The molecular weight excluding hydrogens is 272 g/mol. The maximum absolute atomic E-state index is 12.6. The summed E-state index contributed by atoms with van der Waals surface area (Å²) in [6, 6.07) is 0. The smallest absolute Gasteiger partial charge is 0.267 e. The highest BCUT2D eigenvalue weighted by atomic mass is 32.1. The fourth-order valence-electron chi connectivity index (χ4n) is 2.62. The molecule has 1 aromatic rings. The SMILES string of the molecule is CCN(CC)c1nc(N)c(C(=O)N2CCCC(C)C2)s1. The largest absolute Gasteiger partial charge is 0.382 e.